The second kappa shape index (κ2) is 17.5. The highest BCUT2D eigenvalue weighted by Crippen LogP contribution is 2.29. The van der Waals surface area contributed by atoms with Crippen molar-refractivity contribution in [3.8, 4) is 5.75 Å². The van der Waals surface area contributed by atoms with E-state index in [9.17, 15) is 23.1 Å². The predicted molar refractivity (Wildman–Crippen MR) is 187 cm³/mol. The molecule has 1 saturated carbocycles. The second-order valence-electron chi connectivity index (χ2n) is 13.5. The number of hydrogen-bond acceptors (Lipinski definition) is 7. The van der Waals surface area contributed by atoms with Crippen LogP contribution in [0.5, 0.6) is 5.75 Å². The number of carbonyl (C=O) groups excluding carboxylic acids is 2. The molecule has 3 N–H and O–H groups in total. The third-order valence-corrected chi connectivity index (χ3v) is 11.3. The van der Waals surface area contributed by atoms with Gasteiger partial charge >= 0.3 is 6.03 Å². The fourth-order valence-corrected chi connectivity index (χ4v) is 7.49. The van der Waals surface area contributed by atoms with Gasteiger partial charge in [-0.1, -0.05) is 43.9 Å². The number of aryl methyl sites for hydroxylation is 1. The molecular weight excluding hydrogens is 632 g/mol. The molecule has 1 fully saturated rings. The van der Waals surface area contributed by atoms with E-state index in [0.717, 1.165) is 50.5 Å². The van der Waals surface area contributed by atoms with Crippen molar-refractivity contribution in [2.24, 2.45) is 5.92 Å². The molecule has 266 valence electrons. The number of benzene rings is 2. The zero-order valence-corrected chi connectivity index (χ0v) is 29.9. The predicted octanol–water partition coefficient (Wildman–Crippen LogP) is 5.57. The van der Waals surface area contributed by atoms with Crippen molar-refractivity contribution >= 4 is 27.6 Å². The summed E-state index contributed by atoms with van der Waals surface area (Å²) in [6.07, 6.45) is 6.85. The average Bonchev–Trinajstić information content (AvgIpc) is 3.06. The molecule has 1 aliphatic heterocycles. The summed E-state index contributed by atoms with van der Waals surface area (Å²) in [4.78, 5) is 29.0. The summed E-state index contributed by atoms with van der Waals surface area (Å²) in [5.74, 6) is -0.256. The van der Waals surface area contributed by atoms with E-state index < -0.39 is 22.2 Å². The fourth-order valence-electron chi connectivity index (χ4n) is 6.30. The van der Waals surface area contributed by atoms with Gasteiger partial charge in [-0.15, -0.1) is 0 Å². The van der Waals surface area contributed by atoms with Crippen molar-refractivity contribution in [1.82, 2.24) is 14.5 Å². The third kappa shape index (κ3) is 10.2. The SMILES string of the molecule is Cc1ccc(S(=O)(=O)N(C)C[C@@H]2OCCCC[C@@H](C)Oc3ccc(NC(=O)NC4CCCCC4)cc3C(=O)N([C@@H](C)CO)C[C@H]2C)cc1. The molecule has 2 aromatic rings. The molecule has 0 saturated heterocycles. The fraction of sp³-hybridized carbons (Fsp3) is 0.611. The quantitative estimate of drug-likeness (QED) is 0.331. The molecule has 0 bridgehead atoms. The minimum absolute atomic E-state index is 0.0905. The van der Waals surface area contributed by atoms with Gasteiger partial charge in [-0.2, -0.15) is 4.31 Å². The Labute approximate surface area is 286 Å². The molecule has 3 amide bonds. The van der Waals surface area contributed by atoms with Crippen LogP contribution in [0.1, 0.15) is 88.1 Å². The largest absolute Gasteiger partial charge is 0.490 e. The number of aliphatic hydroxyl groups excluding tert-OH is 1. The van der Waals surface area contributed by atoms with Crippen LogP contribution >= 0.6 is 0 Å². The van der Waals surface area contributed by atoms with Crippen LogP contribution in [0.25, 0.3) is 0 Å². The summed E-state index contributed by atoms with van der Waals surface area (Å²) < 4.78 is 40.9. The van der Waals surface area contributed by atoms with Gasteiger partial charge < -0.3 is 30.1 Å². The standard InChI is InChI=1S/C36H54N4O7S/c1-25-14-17-31(18-15-25)48(44,45)39(5)23-34-26(2)22-40(27(3)24-41)35(42)32-21-30(38-36(43)37-29-12-7-6-8-13-29)16-19-33(32)47-28(4)11-9-10-20-46-34/h14-19,21,26-29,34,41H,6-13,20,22-24H2,1-5H3,(H2,37,38,43)/t26-,27+,28-,34+/m1/s1. The second-order valence-corrected chi connectivity index (χ2v) is 15.6. The number of urea groups is 1. The number of sulfonamides is 1. The van der Waals surface area contributed by atoms with Gasteiger partial charge in [-0.05, 0) is 83.2 Å². The minimum atomic E-state index is -3.78. The Morgan fingerprint density at radius 2 is 1.73 bits per heavy atom. The summed E-state index contributed by atoms with van der Waals surface area (Å²) in [6.45, 7) is 7.99. The highest BCUT2D eigenvalue weighted by Gasteiger charge is 2.32. The van der Waals surface area contributed by atoms with Gasteiger partial charge in [0, 0.05) is 44.4 Å². The first-order chi connectivity index (χ1) is 22.9. The lowest BCUT2D eigenvalue weighted by atomic mass is 9.96. The maximum atomic E-state index is 14.4. The Balaban J connectivity index is 1.60. The van der Waals surface area contributed by atoms with Crippen LogP contribution in [-0.4, -0.2) is 92.3 Å². The lowest BCUT2D eigenvalue weighted by Crippen LogP contribution is -2.48. The van der Waals surface area contributed by atoms with E-state index in [1.54, 1.807) is 61.3 Å². The van der Waals surface area contributed by atoms with Crippen molar-refractivity contribution in [3.05, 3.63) is 53.6 Å². The van der Waals surface area contributed by atoms with Crippen LogP contribution in [0.15, 0.2) is 47.4 Å². The van der Waals surface area contributed by atoms with Crippen LogP contribution < -0.4 is 15.4 Å². The van der Waals surface area contributed by atoms with E-state index in [4.69, 9.17) is 9.47 Å². The van der Waals surface area contributed by atoms with E-state index in [1.165, 1.54) is 10.7 Å². The van der Waals surface area contributed by atoms with Crippen molar-refractivity contribution in [2.75, 3.05) is 38.7 Å². The van der Waals surface area contributed by atoms with Crippen LogP contribution in [0.2, 0.25) is 0 Å². The summed E-state index contributed by atoms with van der Waals surface area (Å²) in [6, 6.07) is 11.1. The maximum Gasteiger partial charge on any atom is 0.319 e. The van der Waals surface area contributed by atoms with E-state index >= 15 is 0 Å². The van der Waals surface area contributed by atoms with E-state index in [-0.39, 0.29) is 60.2 Å². The molecule has 2 aromatic carbocycles. The Morgan fingerprint density at radius 1 is 1.04 bits per heavy atom. The number of amides is 3. The Bertz CT molecular complexity index is 1460. The third-order valence-electron chi connectivity index (χ3n) is 9.42. The number of carbonyl (C=O) groups is 2. The molecule has 11 nitrogen and oxygen atoms in total. The number of nitrogens with one attached hydrogen (secondary N) is 2. The monoisotopic (exact) mass is 686 g/mol. The number of nitrogens with zero attached hydrogens (tertiary/aromatic N) is 2. The smallest absolute Gasteiger partial charge is 0.319 e. The van der Waals surface area contributed by atoms with Crippen molar-refractivity contribution in [3.63, 3.8) is 0 Å². The first kappa shape index (κ1) is 37.6. The topological polar surface area (TPSA) is 138 Å². The summed E-state index contributed by atoms with van der Waals surface area (Å²) in [7, 11) is -2.23. The highest BCUT2D eigenvalue weighted by atomic mass is 32.2. The van der Waals surface area contributed by atoms with Crippen molar-refractivity contribution in [1.29, 1.82) is 0 Å². The van der Waals surface area contributed by atoms with Crippen LogP contribution in [0.4, 0.5) is 10.5 Å². The van der Waals surface area contributed by atoms with Gasteiger partial charge in [0.2, 0.25) is 10.0 Å². The normalized spacial score (nSPS) is 22.7. The van der Waals surface area contributed by atoms with E-state index in [2.05, 4.69) is 10.6 Å². The molecule has 0 radical (unpaired) electrons. The molecular formula is C36H54N4O7S. The Morgan fingerprint density at radius 3 is 2.42 bits per heavy atom. The number of anilines is 1. The average molecular weight is 687 g/mol. The number of aliphatic hydroxyl groups is 1. The number of rotatable bonds is 8. The van der Waals surface area contributed by atoms with Gasteiger partial charge in [-0.3, -0.25) is 4.79 Å². The zero-order valence-electron chi connectivity index (χ0n) is 29.1. The first-order valence-corrected chi connectivity index (χ1v) is 18.8. The van der Waals surface area contributed by atoms with Crippen molar-refractivity contribution in [2.45, 2.75) is 108 Å². The molecule has 2 aliphatic rings. The van der Waals surface area contributed by atoms with Crippen molar-refractivity contribution < 1.29 is 32.6 Å². The highest BCUT2D eigenvalue weighted by molar-refractivity contribution is 7.89. The molecule has 0 spiro atoms. The molecule has 0 aromatic heterocycles. The Hall–Kier alpha value is -3.19. The molecule has 1 aliphatic carbocycles. The number of ether oxygens (including phenoxy) is 2. The number of likely N-dealkylation sites (N-methyl/N-ethyl adjacent to an activating group) is 1. The molecule has 1 heterocycles. The first-order valence-electron chi connectivity index (χ1n) is 17.3. The van der Waals surface area contributed by atoms with E-state index in [0.29, 0.717) is 18.0 Å². The zero-order chi connectivity index (χ0) is 34.8. The number of hydrogen-bond donors (Lipinski definition) is 3. The van der Waals surface area contributed by atoms with Gasteiger partial charge in [0.15, 0.2) is 0 Å². The van der Waals surface area contributed by atoms with Crippen LogP contribution in [0, 0.1) is 12.8 Å². The van der Waals surface area contributed by atoms with Crippen LogP contribution in [0.3, 0.4) is 0 Å². The van der Waals surface area contributed by atoms with Gasteiger partial charge in [0.05, 0.1) is 35.3 Å². The maximum absolute atomic E-state index is 14.4. The molecule has 12 heteroatoms. The Kier molecular flexibility index (Phi) is 13.7. The summed E-state index contributed by atoms with van der Waals surface area (Å²) in [5, 5.41) is 16.2. The van der Waals surface area contributed by atoms with Gasteiger partial charge in [0.25, 0.3) is 5.91 Å². The van der Waals surface area contributed by atoms with Crippen LogP contribution in [-0.2, 0) is 14.8 Å². The van der Waals surface area contributed by atoms with Gasteiger partial charge in [0.1, 0.15) is 5.75 Å². The lowest BCUT2D eigenvalue weighted by molar-refractivity contribution is -0.00833. The molecule has 0 unspecified atom stereocenters. The van der Waals surface area contributed by atoms with Gasteiger partial charge in [-0.25, -0.2) is 13.2 Å². The summed E-state index contributed by atoms with van der Waals surface area (Å²) >= 11 is 0. The molecule has 4 atom stereocenters. The molecule has 48 heavy (non-hydrogen) atoms. The lowest BCUT2D eigenvalue weighted by Gasteiger charge is -2.35. The molecule has 4 rings (SSSR count). The summed E-state index contributed by atoms with van der Waals surface area (Å²) in [5.41, 5.74) is 1.70. The number of fused-ring (bicyclic) bond motifs is 1. The minimum Gasteiger partial charge on any atom is -0.490 e. The van der Waals surface area contributed by atoms with E-state index in [1.807, 2.05) is 20.8 Å².